The number of ketones is 1. The van der Waals surface area contributed by atoms with Gasteiger partial charge in [0.1, 0.15) is 0 Å². The molecule has 1 heterocycles. The first-order chi connectivity index (χ1) is 7.15. The van der Waals surface area contributed by atoms with Gasteiger partial charge >= 0.3 is 0 Å². The van der Waals surface area contributed by atoms with Crippen LogP contribution in [0.3, 0.4) is 0 Å². The molecule has 0 spiro atoms. The van der Waals surface area contributed by atoms with Crippen molar-refractivity contribution in [2.45, 2.75) is 33.1 Å². The van der Waals surface area contributed by atoms with E-state index in [1.165, 1.54) is 16.9 Å². The molecule has 1 aromatic rings. The molecule has 0 radical (unpaired) electrons. The first-order valence-corrected chi connectivity index (χ1v) is 6.31. The van der Waals surface area contributed by atoms with Crippen LogP contribution >= 0.6 is 22.9 Å². The molecule has 0 fully saturated rings. The molecule has 0 atom stereocenters. The third-order valence-corrected chi connectivity index (χ3v) is 3.48. The predicted octanol–water partition coefficient (Wildman–Crippen LogP) is 4.26. The van der Waals surface area contributed by atoms with Crippen LogP contribution in [0.15, 0.2) is 23.8 Å². The summed E-state index contributed by atoms with van der Waals surface area (Å²) >= 11 is 7.27. The van der Waals surface area contributed by atoms with Gasteiger partial charge in [0.05, 0.1) is 4.34 Å². The van der Waals surface area contributed by atoms with Gasteiger partial charge in [-0.1, -0.05) is 31.0 Å². The summed E-state index contributed by atoms with van der Waals surface area (Å²) < 4.78 is 0.744. The van der Waals surface area contributed by atoms with Crippen LogP contribution in [-0.4, -0.2) is 5.78 Å². The molecule has 0 aliphatic heterocycles. The highest BCUT2D eigenvalue weighted by molar-refractivity contribution is 7.16. The number of hydrogen-bond acceptors (Lipinski definition) is 2. The second-order valence-corrected chi connectivity index (χ2v) is 5.16. The quantitative estimate of drug-likeness (QED) is 0.705. The zero-order valence-electron chi connectivity index (χ0n) is 9.05. The highest BCUT2D eigenvalue weighted by Crippen LogP contribution is 2.22. The summed E-state index contributed by atoms with van der Waals surface area (Å²) in [5.41, 5.74) is 1.21. The van der Waals surface area contributed by atoms with Gasteiger partial charge in [0, 0.05) is 11.3 Å². The summed E-state index contributed by atoms with van der Waals surface area (Å²) in [6, 6.07) is 3.75. The van der Waals surface area contributed by atoms with E-state index in [1.54, 1.807) is 6.08 Å². The molecule has 0 N–H and O–H groups in total. The largest absolute Gasteiger partial charge is 0.294 e. The molecule has 82 valence electrons. The van der Waals surface area contributed by atoms with Crippen molar-refractivity contribution in [3.63, 3.8) is 0 Å². The zero-order valence-corrected chi connectivity index (χ0v) is 10.6. The van der Waals surface area contributed by atoms with Crippen molar-refractivity contribution in [2.24, 2.45) is 0 Å². The molecular formula is C12H15ClOS. The van der Waals surface area contributed by atoms with Crippen molar-refractivity contribution >= 4 is 28.7 Å². The number of halogens is 1. The Balaban J connectivity index is 2.60. The van der Waals surface area contributed by atoms with E-state index in [1.807, 2.05) is 12.1 Å². The maximum absolute atomic E-state index is 11.6. The summed E-state index contributed by atoms with van der Waals surface area (Å²) in [7, 11) is 0. The molecule has 0 bridgehead atoms. The molecule has 15 heavy (non-hydrogen) atoms. The van der Waals surface area contributed by atoms with E-state index in [0.29, 0.717) is 6.42 Å². The minimum absolute atomic E-state index is 0.173. The average Bonchev–Trinajstić information content (AvgIpc) is 2.60. The molecule has 1 rings (SSSR count). The Morgan fingerprint density at radius 2 is 2.07 bits per heavy atom. The monoisotopic (exact) mass is 242 g/mol. The molecule has 0 aliphatic rings. The Labute approximate surface area is 99.8 Å². The van der Waals surface area contributed by atoms with Gasteiger partial charge in [0.15, 0.2) is 5.78 Å². The standard InChI is InChI=1S/C12H15ClOS/c1-3-9(4-2)7-10(14)8-11-5-6-12(13)15-11/h5-7H,3-4,8H2,1-2H3. The second kappa shape index (κ2) is 6.09. The van der Waals surface area contributed by atoms with Crippen molar-refractivity contribution < 1.29 is 4.79 Å². The van der Waals surface area contributed by atoms with Gasteiger partial charge in [-0.05, 0) is 31.1 Å². The predicted molar refractivity (Wildman–Crippen MR) is 66.7 cm³/mol. The van der Waals surface area contributed by atoms with E-state index in [-0.39, 0.29) is 5.78 Å². The molecule has 0 unspecified atom stereocenters. The number of carbonyl (C=O) groups excluding carboxylic acids is 1. The van der Waals surface area contributed by atoms with Gasteiger partial charge in [-0.3, -0.25) is 4.79 Å². The highest BCUT2D eigenvalue weighted by atomic mass is 35.5. The lowest BCUT2D eigenvalue weighted by Gasteiger charge is -1.98. The van der Waals surface area contributed by atoms with E-state index in [9.17, 15) is 4.79 Å². The number of thiophene rings is 1. The maximum atomic E-state index is 11.6. The topological polar surface area (TPSA) is 17.1 Å². The van der Waals surface area contributed by atoms with Crippen LogP contribution in [-0.2, 0) is 11.2 Å². The van der Waals surface area contributed by atoms with Crippen molar-refractivity contribution in [1.82, 2.24) is 0 Å². The average molecular weight is 243 g/mol. The molecule has 0 amide bonds. The van der Waals surface area contributed by atoms with Gasteiger partial charge in [-0.25, -0.2) is 0 Å². The first kappa shape index (κ1) is 12.5. The molecule has 1 aromatic heterocycles. The lowest BCUT2D eigenvalue weighted by atomic mass is 10.1. The van der Waals surface area contributed by atoms with E-state index >= 15 is 0 Å². The van der Waals surface area contributed by atoms with Gasteiger partial charge in [0.2, 0.25) is 0 Å². The Morgan fingerprint density at radius 3 is 2.53 bits per heavy atom. The first-order valence-electron chi connectivity index (χ1n) is 5.12. The number of hydrogen-bond donors (Lipinski definition) is 0. The lowest BCUT2D eigenvalue weighted by molar-refractivity contribution is -0.114. The molecule has 0 saturated carbocycles. The molecule has 3 heteroatoms. The van der Waals surface area contributed by atoms with Gasteiger partial charge in [0.25, 0.3) is 0 Å². The molecule has 0 aromatic carbocycles. The van der Waals surface area contributed by atoms with E-state index in [4.69, 9.17) is 11.6 Å². The van der Waals surface area contributed by atoms with Crippen LogP contribution in [0.4, 0.5) is 0 Å². The van der Waals surface area contributed by atoms with E-state index in [0.717, 1.165) is 22.1 Å². The smallest absolute Gasteiger partial charge is 0.160 e. The molecule has 1 nitrogen and oxygen atoms in total. The van der Waals surface area contributed by atoms with Crippen LogP contribution in [0.2, 0.25) is 4.34 Å². The summed E-state index contributed by atoms with van der Waals surface area (Å²) in [5, 5.41) is 0. The minimum Gasteiger partial charge on any atom is -0.294 e. The van der Waals surface area contributed by atoms with Gasteiger partial charge < -0.3 is 0 Å². The fourth-order valence-corrected chi connectivity index (χ4v) is 2.45. The summed E-state index contributed by atoms with van der Waals surface area (Å²) in [6.07, 6.45) is 4.15. The number of carbonyl (C=O) groups is 1. The van der Waals surface area contributed by atoms with Crippen molar-refractivity contribution in [3.05, 3.63) is 33.0 Å². The van der Waals surface area contributed by atoms with Crippen LogP contribution in [0.5, 0.6) is 0 Å². The van der Waals surface area contributed by atoms with Crippen molar-refractivity contribution in [1.29, 1.82) is 0 Å². The zero-order chi connectivity index (χ0) is 11.3. The summed E-state index contributed by atoms with van der Waals surface area (Å²) in [6.45, 7) is 4.15. The Morgan fingerprint density at radius 1 is 1.40 bits per heavy atom. The number of rotatable bonds is 5. The molecule has 0 saturated heterocycles. The summed E-state index contributed by atoms with van der Waals surface area (Å²) in [4.78, 5) is 12.7. The van der Waals surface area contributed by atoms with E-state index < -0.39 is 0 Å². The Hall–Kier alpha value is -0.600. The van der Waals surface area contributed by atoms with E-state index in [2.05, 4.69) is 13.8 Å². The third-order valence-electron chi connectivity index (χ3n) is 2.25. The Bertz CT molecular complexity index is 359. The molecule has 0 aliphatic carbocycles. The third kappa shape index (κ3) is 4.18. The van der Waals surface area contributed by atoms with Crippen LogP contribution < -0.4 is 0 Å². The normalized spacial score (nSPS) is 10.1. The second-order valence-electron chi connectivity index (χ2n) is 3.36. The molecular weight excluding hydrogens is 228 g/mol. The highest BCUT2D eigenvalue weighted by Gasteiger charge is 2.04. The van der Waals surface area contributed by atoms with Crippen molar-refractivity contribution in [3.8, 4) is 0 Å². The van der Waals surface area contributed by atoms with Crippen LogP contribution in [0.1, 0.15) is 31.6 Å². The summed E-state index contributed by atoms with van der Waals surface area (Å²) in [5.74, 6) is 0.173. The SMILES string of the molecule is CCC(=CC(=O)Cc1ccc(Cl)s1)CC. The Kier molecular flexibility index (Phi) is 5.06. The minimum atomic E-state index is 0.173. The van der Waals surface area contributed by atoms with Gasteiger partial charge in [-0.15, -0.1) is 11.3 Å². The lowest BCUT2D eigenvalue weighted by Crippen LogP contribution is -1.98. The maximum Gasteiger partial charge on any atom is 0.160 e. The fourth-order valence-electron chi connectivity index (χ4n) is 1.35. The van der Waals surface area contributed by atoms with Crippen LogP contribution in [0, 0.1) is 0 Å². The fraction of sp³-hybridized carbons (Fsp3) is 0.417. The number of allylic oxidation sites excluding steroid dienone is 2. The van der Waals surface area contributed by atoms with Gasteiger partial charge in [-0.2, -0.15) is 0 Å². The van der Waals surface area contributed by atoms with Crippen LogP contribution in [0.25, 0.3) is 0 Å². The van der Waals surface area contributed by atoms with Crippen molar-refractivity contribution in [2.75, 3.05) is 0 Å².